The Morgan fingerprint density at radius 1 is 0.610 bits per heavy atom. The molecule has 0 radical (unpaired) electrons. The third-order valence-corrected chi connectivity index (χ3v) is 18.1. The molecule has 2 saturated heterocycles. The minimum Gasteiger partial charge on any atom is -0.462 e. The van der Waals surface area contributed by atoms with Gasteiger partial charge >= 0.3 is 27.2 Å². The number of hydrogen-bond acceptors (Lipinski definition) is 24. The van der Waals surface area contributed by atoms with Gasteiger partial charge in [-0.25, -0.2) is 50.4 Å². The summed E-state index contributed by atoms with van der Waals surface area (Å²) in [4.78, 5) is 76.5. The predicted octanol–water partition coefficient (Wildman–Crippen LogP) is 7.65. The molecule has 0 saturated carbocycles. The van der Waals surface area contributed by atoms with E-state index in [0.29, 0.717) is 22.7 Å². The van der Waals surface area contributed by atoms with Gasteiger partial charge in [-0.1, -0.05) is 43.8 Å². The summed E-state index contributed by atoms with van der Waals surface area (Å²) in [5, 5.41) is 38.3. The summed E-state index contributed by atoms with van der Waals surface area (Å²) in [6.07, 6.45) is -6.78. The second-order valence-corrected chi connectivity index (χ2v) is 27.4. The Bertz CT molecular complexity index is 4120. The molecule has 0 bridgehead atoms. The number of nitrogens with one attached hydrogen (secondary N) is 4. The van der Waals surface area contributed by atoms with Gasteiger partial charge in [0.1, 0.15) is 53.3 Å². The Morgan fingerprint density at radius 2 is 0.990 bits per heavy atom. The van der Waals surface area contributed by atoms with Crippen LogP contribution in [-0.2, 0) is 51.8 Å². The molecule has 2 amide bonds. The zero-order chi connectivity index (χ0) is 73.6. The summed E-state index contributed by atoms with van der Waals surface area (Å²) in [6.45, 7) is 12.8. The van der Waals surface area contributed by atoms with Crippen LogP contribution in [-0.4, -0.2) is 180 Å². The van der Waals surface area contributed by atoms with Crippen molar-refractivity contribution in [1.29, 1.82) is 0 Å². The molecule has 30 nitrogen and oxygen atoms in total. The number of alkyl halides is 2. The molecule has 0 spiro atoms. The maximum absolute atomic E-state index is 16.2. The summed E-state index contributed by atoms with van der Waals surface area (Å²) < 4.78 is 168. The number of fused-ring (bicyclic) bond motifs is 2. The van der Waals surface area contributed by atoms with Crippen molar-refractivity contribution in [1.82, 2.24) is 49.2 Å². The lowest BCUT2D eigenvalue weighted by molar-refractivity contribution is -0.149. The molecule has 2 aliphatic rings. The number of aromatic nitrogens is 8. The first-order chi connectivity index (χ1) is 46.2. The number of aliphatic hydroxyl groups is 3. The van der Waals surface area contributed by atoms with Crippen LogP contribution in [0.2, 0.25) is 0 Å². The summed E-state index contributed by atoms with van der Waals surface area (Å²) in [7, 11) is -2.44. The first kappa shape index (κ1) is 80.5. The Hall–Kier alpha value is -8.51. The molecule has 2 aliphatic heterocycles. The number of amides is 2. The van der Waals surface area contributed by atoms with Crippen molar-refractivity contribution < 1.29 is 107 Å². The second-order valence-electron chi connectivity index (χ2n) is 23.7. The molecule has 4 aromatic heterocycles. The molecule has 0 aliphatic carbocycles. The van der Waals surface area contributed by atoms with Crippen molar-refractivity contribution in [2.45, 2.75) is 149 Å². The number of hydrogen-bond donors (Lipinski definition) is 7. The van der Waals surface area contributed by atoms with E-state index in [-0.39, 0.29) is 48.0 Å². The van der Waals surface area contributed by atoms with Gasteiger partial charge in [-0.15, -0.1) is 0 Å². The predicted molar refractivity (Wildman–Crippen MR) is 349 cm³/mol. The summed E-state index contributed by atoms with van der Waals surface area (Å²) >= 11 is 0. The lowest BCUT2D eigenvalue weighted by atomic mass is 9.98. The zero-order valence-electron chi connectivity index (χ0n) is 55.8. The first-order valence-electron chi connectivity index (χ1n) is 30.1. The van der Waals surface area contributed by atoms with Gasteiger partial charge in [0.05, 0.1) is 38.1 Å². The van der Waals surface area contributed by atoms with Crippen LogP contribution in [0.5, 0.6) is 11.5 Å². The van der Waals surface area contributed by atoms with Crippen molar-refractivity contribution in [3.8, 4) is 11.5 Å². The number of nitrogens with zero attached hydrogens (tertiary/aromatic N) is 10. The minimum absolute atomic E-state index is 0. The van der Waals surface area contributed by atoms with Crippen LogP contribution in [0, 0.1) is 29.1 Å². The largest absolute Gasteiger partial charge is 0.462 e. The van der Waals surface area contributed by atoms with E-state index in [0.717, 1.165) is 13.8 Å². The molecule has 3 aromatic carbocycles. The highest BCUT2D eigenvalue weighted by atomic mass is 31.2. The van der Waals surface area contributed by atoms with Crippen molar-refractivity contribution in [3.63, 3.8) is 0 Å². The molecule has 9 rings (SSSR count). The summed E-state index contributed by atoms with van der Waals surface area (Å²) in [6, 6.07) is 12.4. The van der Waals surface area contributed by atoms with Crippen LogP contribution in [0.3, 0.4) is 0 Å². The van der Waals surface area contributed by atoms with Crippen LogP contribution in [0.1, 0.15) is 89.1 Å². The lowest BCUT2D eigenvalue weighted by Gasteiger charge is -2.25. The van der Waals surface area contributed by atoms with E-state index in [9.17, 15) is 65.6 Å². The molecule has 6 heterocycles. The van der Waals surface area contributed by atoms with Gasteiger partial charge in [0, 0.05) is 42.0 Å². The highest BCUT2D eigenvalue weighted by Gasteiger charge is 2.57. The van der Waals surface area contributed by atoms with Crippen LogP contribution in [0.25, 0.3) is 22.3 Å². The number of esters is 2. The van der Waals surface area contributed by atoms with Crippen molar-refractivity contribution >= 4 is 90.2 Å². The van der Waals surface area contributed by atoms with Gasteiger partial charge in [-0.05, 0) is 79.7 Å². The maximum atomic E-state index is 16.2. The molecule has 7 N–H and O–H groups in total. The number of benzene rings is 3. The van der Waals surface area contributed by atoms with Crippen LogP contribution < -0.4 is 45.0 Å². The topological polar surface area (TPSA) is 370 Å². The number of rotatable bonds is 23. The smallest absolute Gasteiger partial charge is 0.459 e. The zero-order valence-corrected chi connectivity index (χ0v) is 57.6. The number of halogens is 7. The highest BCUT2D eigenvalue weighted by Crippen LogP contribution is 2.50. The van der Waals surface area contributed by atoms with Crippen molar-refractivity contribution in [3.05, 3.63) is 102 Å². The standard InChI is InChI=1S/C27H37FN7O8P.C18H17F5NO4P.C15H21FN6O4.CH4/c1-15(2)41-24(38)16(3)33-44(39,43-18-11-9-8-10-12-18)40-13-19-21(37)27(5,28)25(42-19)35-14-29-20-22(34(6)7)31-26(30-17(4)36)32-23(20)35;1-9(2)27-18(25)10(3)24-29(26,28-11-7-5-4-6-8-11)17-15(22)13(20)12(19)14(21)16(17)23;1-7(24)18-14-19-11(21(3)4)9-12(20-14)22(6-17-9)13-15(2,16)10(25)8(5-23)26-13;/h8-12,14-16,19,21,25,37H,13H2,1-7H3,(H,33,39)(H,30,31,32,36);4-10H,1-3H3,(H,24,26);6,8,10,13,23,25H,5H2,1-4H3,(H,18,19,20,24);1H4/t16-,19+,21+,25+,27+,44-;10-,29+;8-,10-,13-,15-;/m001./s1. The molecule has 100 heavy (non-hydrogen) atoms. The normalized spacial score (nSPS) is 22.0. The van der Waals surface area contributed by atoms with Gasteiger partial charge in [0.2, 0.25) is 29.5 Å². The van der Waals surface area contributed by atoms with Crippen LogP contribution in [0.15, 0.2) is 73.3 Å². The number of ether oxygens (including phenoxy) is 4. The van der Waals surface area contributed by atoms with Gasteiger partial charge < -0.3 is 53.1 Å². The van der Waals surface area contributed by atoms with E-state index in [1.54, 1.807) is 76.1 Å². The molecule has 548 valence electrons. The fraction of sp³-hybridized carbons (Fsp3) is 0.475. The van der Waals surface area contributed by atoms with Crippen molar-refractivity contribution in [2.75, 3.05) is 61.8 Å². The van der Waals surface area contributed by atoms with Crippen LogP contribution >= 0.6 is 15.3 Å². The van der Waals surface area contributed by atoms with Crippen LogP contribution in [0.4, 0.5) is 54.3 Å². The Morgan fingerprint density at radius 3 is 1.37 bits per heavy atom. The number of carbonyl (C=O) groups is 4. The average Bonchev–Trinajstić information content (AvgIpc) is 1.39. The Balaban J connectivity index is 0.000000246. The average molecular weight is 1460 g/mol. The molecule has 2 fully saturated rings. The number of carbonyl (C=O) groups excluding carboxylic acids is 4. The summed E-state index contributed by atoms with van der Waals surface area (Å²) in [5.74, 6) is -13.4. The fourth-order valence-corrected chi connectivity index (χ4v) is 13.2. The van der Waals surface area contributed by atoms with E-state index in [1.165, 1.54) is 99.7 Å². The third-order valence-electron chi connectivity index (χ3n) is 14.3. The number of aliphatic hydroxyl groups excluding tert-OH is 3. The van der Waals surface area contributed by atoms with E-state index in [1.807, 2.05) is 5.09 Å². The highest BCUT2D eigenvalue weighted by molar-refractivity contribution is 7.65. The molecular formula is C61H79F7N14O16P2. The van der Waals surface area contributed by atoms with Gasteiger partial charge in [0.15, 0.2) is 81.0 Å². The van der Waals surface area contributed by atoms with E-state index < -0.39 is 153 Å². The van der Waals surface area contributed by atoms with Gasteiger partial charge in [-0.3, -0.25) is 48.0 Å². The monoisotopic (exact) mass is 1460 g/mol. The minimum atomic E-state index is -5.04. The van der Waals surface area contributed by atoms with E-state index in [4.69, 9.17) is 32.5 Å². The molecular weight excluding hydrogens is 1380 g/mol. The third kappa shape index (κ3) is 18.3. The number of para-hydroxylation sites is 2. The molecule has 7 aromatic rings. The second kappa shape index (κ2) is 32.9. The number of imidazole rings is 2. The SMILES string of the molecule is C.CC(=O)Nc1nc(N(C)C)c2ncn([C@@H]3O[C@H](CO)[C@@H](O)[C@@]3(C)F)c2n1.CC(=O)Nc1nc(N(C)C)c2ncn([C@@H]3O[C@H](CO[P@@](=O)(N[C@@H](C)C(=O)OC(C)C)Oc4ccccc4)[C@@H](O)[C@@]3(C)F)c2n1.CC(C)OC(=O)[C@H](C)N[P@](=O)(Oc1ccccc1)c1c(F)c(F)c(F)c(F)c1F. The first-order valence-corrected chi connectivity index (χ1v) is 33.3. The van der Waals surface area contributed by atoms with Gasteiger partial charge in [-0.2, -0.15) is 25.0 Å². The van der Waals surface area contributed by atoms with Crippen molar-refractivity contribution in [2.24, 2.45) is 0 Å². The molecule has 39 heteroatoms. The molecule has 0 unspecified atom stereocenters. The Labute approximate surface area is 569 Å². The summed E-state index contributed by atoms with van der Waals surface area (Å²) in [5.41, 5.74) is -3.56. The van der Waals surface area contributed by atoms with Gasteiger partial charge in [0.25, 0.3) is 0 Å². The quantitative estimate of drug-likeness (QED) is 0.0106. The fourth-order valence-electron chi connectivity index (χ4n) is 9.68. The lowest BCUT2D eigenvalue weighted by Crippen LogP contribution is -2.41. The Kier molecular flexibility index (Phi) is 26.4. The van der Waals surface area contributed by atoms with E-state index in [2.05, 4.69) is 45.6 Å². The number of anilines is 4. The maximum Gasteiger partial charge on any atom is 0.459 e. The molecule has 12 atom stereocenters. The van der Waals surface area contributed by atoms with E-state index >= 15 is 8.78 Å².